The fourth-order valence-electron chi connectivity index (χ4n) is 1.51. The summed E-state index contributed by atoms with van der Waals surface area (Å²) in [7, 11) is 0. The maximum atomic E-state index is 11.4. The highest BCUT2D eigenvalue weighted by Gasteiger charge is 2.08. The number of hydrogen-bond donors (Lipinski definition) is 2. The Morgan fingerprint density at radius 1 is 1.29 bits per heavy atom. The number of rotatable bonds is 4. The first-order valence-corrected chi connectivity index (χ1v) is 5.06. The molecule has 0 radical (unpaired) electrons. The van der Waals surface area contributed by atoms with Gasteiger partial charge in [-0.1, -0.05) is 0 Å². The molecule has 6 heteroatoms. The van der Waals surface area contributed by atoms with Crippen LogP contribution in [0.3, 0.4) is 0 Å². The first-order valence-electron chi connectivity index (χ1n) is 5.06. The van der Waals surface area contributed by atoms with E-state index in [1.807, 2.05) is 0 Å². The molecular weight excluding hydrogens is 224 g/mol. The number of carbonyl (C=O) groups excluding carboxylic acids is 1. The molecule has 0 unspecified atom stereocenters. The number of amides is 1. The Bertz CT molecular complexity index is 478. The Labute approximate surface area is 97.9 Å². The lowest BCUT2D eigenvalue weighted by Crippen LogP contribution is -2.33. The van der Waals surface area contributed by atoms with Gasteiger partial charge in [0.05, 0.1) is 0 Å². The van der Waals surface area contributed by atoms with Crippen molar-refractivity contribution in [1.29, 1.82) is 0 Å². The number of nitrogens with zero attached hydrogens (tertiary/aromatic N) is 1. The molecule has 1 aromatic heterocycles. The van der Waals surface area contributed by atoms with Gasteiger partial charge < -0.3 is 15.0 Å². The average molecular weight is 238 g/mol. The minimum absolute atomic E-state index is 0.00519. The molecule has 0 aliphatic rings. The minimum Gasteiger partial charge on any atom is -0.480 e. The van der Waals surface area contributed by atoms with Gasteiger partial charge in [0.15, 0.2) is 5.43 Å². The summed E-state index contributed by atoms with van der Waals surface area (Å²) in [6.07, 6.45) is 0. The van der Waals surface area contributed by atoms with Crippen LogP contribution in [-0.4, -0.2) is 28.1 Å². The topological polar surface area (TPSA) is 88.4 Å². The van der Waals surface area contributed by atoms with E-state index in [1.165, 1.54) is 12.1 Å². The zero-order chi connectivity index (χ0) is 13.0. The maximum absolute atomic E-state index is 11.4. The number of aryl methyl sites for hydroxylation is 2. The minimum atomic E-state index is -1.09. The van der Waals surface area contributed by atoms with Crippen molar-refractivity contribution in [1.82, 2.24) is 9.88 Å². The third-order valence-corrected chi connectivity index (χ3v) is 2.29. The number of carbonyl (C=O) groups is 2. The van der Waals surface area contributed by atoms with Crippen molar-refractivity contribution in [3.05, 3.63) is 33.7 Å². The van der Waals surface area contributed by atoms with Crippen molar-refractivity contribution in [3.8, 4) is 0 Å². The molecule has 1 amide bonds. The summed E-state index contributed by atoms with van der Waals surface area (Å²) in [6, 6.07) is 2.86. The van der Waals surface area contributed by atoms with E-state index in [0.29, 0.717) is 11.4 Å². The Hall–Kier alpha value is -2.11. The van der Waals surface area contributed by atoms with E-state index < -0.39 is 18.4 Å². The zero-order valence-electron chi connectivity index (χ0n) is 9.69. The summed E-state index contributed by atoms with van der Waals surface area (Å²) < 4.78 is 1.65. The molecule has 6 nitrogen and oxygen atoms in total. The first-order chi connectivity index (χ1) is 7.90. The molecule has 0 saturated carbocycles. The van der Waals surface area contributed by atoms with Gasteiger partial charge in [0.1, 0.15) is 13.1 Å². The third-order valence-electron chi connectivity index (χ3n) is 2.29. The van der Waals surface area contributed by atoms with Crippen LogP contribution in [0.2, 0.25) is 0 Å². The third kappa shape index (κ3) is 3.75. The van der Waals surface area contributed by atoms with Crippen LogP contribution in [0.5, 0.6) is 0 Å². The number of carboxylic acid groups (broad SMARTS) is 1. The lowest BCUT2D eigenvalue weighted by atomic mass is 10.3. The number of aliphatic carboxylic acids is 1. The van der Waals surface area contributed by atoms with E-state index in [9.17, 15) is 14.4 Å². The van der Waals surface area contributed by atoms with Crippen molar-refractivity contribution in [3.63, 3.8) is 0 Å². The number of aromatic nitrogens is 1. The molecule has 0 spiro atoms. The molecule has 0 saturated heterocycles. The Morgan fingerprint density at radius 3 is 2.29 bits per heavy atom. The van der Waals surface area contributed by atoms with Gasteiger partial charge in [-0.05, 0) is 13.8 Å². The van der Waals surface area contributed by atoms with Gasteiger partial charge in [0.2, 0.25) is 5.91 Å². The van der Waals surface area contributed by atoms with Gasteiger partial charge in [0, 0.05) is 23.5 Å². The second kappa shape index (κ2) is 5.29. The maximum Gasteiger partial charge on any atom is 0.322 e. The van der Waals surface area contributed by atoms with Crippen molar-refractivity contribution in [2.45, 2.75) is 20.4 Å². The number of carboxylic acids is 1. The standard InChI is InChI=1S/C11H14N2O4/c1-7-3-9(14)4-8(2)13(7)6-10(15)12-5-11(16)17/h3-4H,5-6H2,1-2H3,(H,12,15)(H,16,17). The molecule has 0 aliphatic heterocycles. The highest BCUT2D eigenvalue weighted by molar-refractivity contribution is 5.81. The molecule has 1 aromatic rings. The molecule has 0 bridgehead atoms. The highest BCUT2D eigenvalue weighted by atomic mass is 16.4. The van der Waals surface area contributed by atoms with E-state index in [-0.39, 0.29) is 12.0 Å². The van der Waals surface area contributed by atoms with Crippen LogP contribution in [0.1, 0.15) is 11.4 Å². The number of nitrogens with one attached hydrogen (secondary N) is 1. The van der Waals surface area contributed by atoms with Crippen LogP contribution in [0.15, 0.2) is 16.9 Å². The van der Waals surface area contributed by atoms with Crippen LogP contribution in [0.4, 0.5) is 0 Å². The molecule has 2 N–H and O–H groups in total. The monoisotopic (exact) mass is 238 g/mol. The molecule has 92 valence electrons. The summed E-state index contributed by atoms with van der Waals surface area (Å²) in [6.45, 7) is 3.04. The SMILES string of the molecule is Cc1cc(=O)cc(C)n1CC(=O)NCC(=O)O. The fourth-order valence-corrected chi connectivity index (χ4v) is 1.51. The summed E-state index contributed by atoms with van der Waals surface area (Å²) in [5.74, 6) is -1.49. The fraction of sp³-hybridized carbons (Fsp3) is 0.364. The van der Waals surface area contributed by atoms with Gasteiger partial charge in [-0.25, -0.2) is 0 Å². The van der Waals surface area contributed by atoms with Gasteiger partial charge in [-0.15, -0.1) is 0 Å². The summed E-state index contributed by atoms with van der Waals surface area (Å²) in [5.41, 5.74) is 1.23. The molecule has 0 aliphatic carbocycles. The molecule has 0 fully saturated rings. The molecule has 1 heterocycles. The van der Waals surface area contributed by atoms with Crippen molar-refractivity contribution in [2.75, 3.05) is 6.54 Å². The summed E-state index contributed by atoms with van der Waals surface area (Å²) in [5, 5.41) is 10.7. The normalized spacial score (nSPS) is 10.0. The zero-order valence-corrected chi connectivity index (χ0v) is 9.69. The van der Waals surface area contributed by atoms with Crippen molar-refractivity contribution in [2.24, 2.45) is 0 Å². The number of hydrogen-bond acceptors (Lipinski definition) is 3. The van der Waals surface area contributed by atoms with Crippen LogP contribution in [0.25, 0.3) is 0 Å². The Kier molecular flexibility index (Phi) is 4.03. The second-order valence-electron chi connectivity index (χ2n) is 3.73. The Morgan fingerprint density at radius 2 is 1.82 bits per heavy atom. The van der Waals surface area contributed by atoms with E-state index in [2.05, 4.69) is 5.32 Å². The lowest BCUT2D eigenvalue weighted by molar-refractivity contribution is -0.138. The molecule has 0 atom stereocenters. The van der Waals surface area contributed by atoms with Gasteiger partial charge in [-0.2, -0.15) is 0 Å². The van der Waals surface area contributed by atoms with E-state index in [1.54, 1.807) is 18.4 Å². The Balaban J connectivity index is 2.78. The van der Waals surface area contributed by atoms with Gasteiger partial charge in [-0.3, -0.25) is 14.4 Å². The van der Waals surface area contributed by atoms with Gasteiger partial charge >= 0.3 is 5.97 Å². The van der Waals surface area contributed by atoms with Crippen molar-refractivity contribution >= 4 is 11.9 Å². The smallest absolute Gasteiger partial charge is 0.322 e. The molecule has 0 aromatic carbocycles. The second-order valence-corrected chi connectivity index (χ2v) is 3.73. The molecular formula is C11H14N2O4. The number of pyridine rings is 1. The van der Waals surface area contributed by atoms with Crippen LogP contribution >= 0.6 is 0 Å². The van der Waals surface area contributed by atoms with E-state index >= 15 is 0 Å². The van der Waals surface area contributed by atoms with Crippen molar-refractivity contribution < 1.29 is 14.7 Å². The lowest BCUT2D eigenvalue weighted by Gasteiger charge is -2.13. The largest absolute Gasteiger partial charge is 0.480 e. The average Bonchev–Trinajstić information content (AvgIpc) is 2.20. The molecule has 1 rings (SSSR count). The van der Waals surface area contributed by atoms with E-state index in [0.717, 1.165) is 0 Å². The van der Waals surface area contributed by atoms with Crippen LogP contribution in [-0.2, 0) is 16.1 Å². The molecule has 17 heavy (non-hydrogen) atoms. The van der Waals surface area contributed by atoms with Crippen LogP contribution in [0, 0.1) is 13.8 Å². The van der Waals surface area contributed by atoms with Gasteiger partial charge in [0.25, 0.3) is 0 Å². The first kappa shape index (κ1) is 13.0. The summed E-state index contributed by atoms with van der Waals surface area (Å²) in [4.78, 5) is 32.9. The van der Waals surface area contributed by atoms with Crippen LogP contribution < -0.4 is 10.7 Å². The quantitative estimate of drug-likeness (QED) is 0.751. The summed E-state index contributed by atoms with van der Waals surface area (Å²) >= 11 is 0. The predicted octanol–water partition coefficient (Wildman–Crippen LogP) is -0.334. The predicted molar refractivity (Wildman–Crippen MR) is 60.8 cm³/mol. The highest BCUT2D eigenvalue weighted by Crippen LogP contribution is 2.00. The van der Waals surface area contributed by atoms with E-state index in [4.69, 9.17) is 5.11 Å².